The fourth-order valence-corrected chi connectivity index (χ4v) is 4.89. The Balaban J connectivity index is 1.54. The van der Waals surface area contributed by atoms with Gasteiger partial charge in [0.1, 0.15) is 31.9 Å². The van der Waals surface area contributed by atoms with Crippen LogP contribution in [0.2, 0.25) is 0 Å². The first kappa shape index (κ1) is 31.0. The fourth-order valence-electron chi connectivity index (χ4n) is 4.89. The highest BCUT2D eigenvalue weighted by Crippen LogP contribution is 2.52. The van der Waals surface area contributed by atoms with Crippen LogP contribution in [0, 0.1) is 0 Å². The molecule has 2 heterocycles. The number of rotatable bonds is 14. The van der Waals surface area contributed by atoms with Crippen molar-refractivity contribution in [3.05, 3.63) is 78.3 Å². The molecular formula is C32H33N3O8. The third-order valence-corrected chi connectivity index (χ3v) is 6.99. The summed E-state index contributed by atoms with van der Waals surface area (Å²) in [6, 6.07) is 9.44. The van der Waals surface area contributed by atoms with Crippen molar-refractivity contribution in [1.82, 2.24) is 15.0 Å². The summed E-state index contributed by atoms with van der Waals surface area (Å²) in [5, 5.41) is 0. The Morgan fingerprint density at radius 1 is 0.744 bits per heavy atom. The Morgan fingerprint density at radius 3 is 1.88 bits per heavy atom. The van der Waals surface area contributed by atoms with Crippen molar-refractivity contribution in [2.45, 2.75) is 44.9 Å². The van der Waals surface area contributed by atoms with Gasteiger partial charge in [-0.15, -0.1) is 0 Å². The van der Waals surface area contributed by atoms with E-state index in [9.17, 15) is 19.2 Å². The van der Waals surface area contributed by atoms with E-state index in [1.807, 2.05) is 24.3 Å². The molecule has 0 radical (unpaired) electrons. The summed E-state index contributed by atoms with van der Waals surface area (Å²) in [5.74, 6) is -2.10. The number of esters is 4. The van der Waals surface area contributed by atoms with E-state index in [1.165, 1.54) is 13.8 Å². The lowest BCUT2D eigenvalue weighted by molar-refractivity contribution is -0.150. The molecule has 11 nitrogen and oxygen atoms in total. The Morgan fingerprint density at radius 2 is 1.30 bits per heavy atom. The first-order valence-corrected chi connectivity index (χ1v) is 13.8. The zero-order valence-corrected chi connectivity index (χ0v) is 24.2. The van der Waals surface area contributed by atoms with Crippen LogP contribution in [0.5, 0.6) is 0 Å². The molecule has 0 N–H and O–H groups in total. The topological polar surface area (TPSA) is 144 Å². The first-order chi connectivity index (χ1) is 20.6. The number of hydrogen-bond donors (Lipinski definition) is 0. The summed E-state index contributed by atoms with van der Waals surface area (Å²) in [6.45, 7) is 9.71. The molecule has 2 aromatic heterocycles. The van der Waals surface area contributed by atoms with Crippen molar-refractivity contribution in [3.63, 3.8) is 0 Å². The minimum absolute atomic E-state index is 0.00414. The molecule has 3 aromatic rings. The first-order valence-electron chi connectivity index (χ1n) is 13.8. The molecular weight excluding hydrogens is 554 g/mol. The van der Waals surface area contributed by atoms with Crippen LogP contribution in [0.25, 0.3) is 22.3 Å². The van der Waals surface area contributed by atoms with Crippen LogP contribution in [0.15, 0.2) is 67.0 Å². The second kappa shape index (κ2) is 13.8. The van der Waals surface area contributed by atoms with E-state index in [0.717, 1.165) is 11.1 Å². The number of nitrogens with zero attached hydrogens (tertiary/aromatic N) is 3. The van der Waals surface area contributed by atoms with Gasteiger partial charge < -0.3 is 18.9 Å². The van der Waals surface area contributed by atoms with Crippen molar-refractivity contribution < 1.29 is 38.1 Å². The zero-order valence-electron chi connectivity index (χ0n) is 24.2. The highest BCUT2D eigenvalue weighted by molar-refractivity contribution is 5.87. The minimum Gasteiger partial charge on any atom is -0.462 e. The van der Waals surface area contributed by atoms with Gasteiger partial charge in [0.05, 0.1) is 23.1 Å². The molecule has 0 bridgehead atoms. The van der Waals surface area contributed by atoms with Crippen LogP contribution in [-0.4, -0.2) is 65.3 Å². The van der Waals surface area contributed by atoms with Gasteiger partial charge in [0, 0.05) is 41.2 Å². The molecule has 1 aliphatic carbocycles. The average molecular weight is 588 g/mol. The lowest BCUT2D eigenvalue weighted by Gasteiger charge is -2.30. The SMILES string of the molecule is C=C(C)C(=O)OCCOC(=O)CCC1(CCC(=O)OCCOC(=O)C(=C)C)c2ccccc2-c2nc3cnccc3nc21. The lowest BCUT2D eigenvalue weighted by Crippen LogP contribution is -2.29. The Labute approximate surface area is 248 Å². The maximum atomic E-state index is 12.8. The highest BCUT2D eigenvalue weighted by Gasteiger charge is 2.46. The van der Waals surface area contributed by atoms with E-state index in [1.54, 1.807) is 18.5 Å². The smallest absolute Gasteiger partial charge is 0.333 e. The summed E-state index contributed by atoms with van der Waals surface area (Å²) in [5.41, 5.74) is 3.97. The summed E-state index contributed by atoms with van der Waals surface area (Å²) >= 11 is 0. The minimum atomic E-state index is -0.854. The molecule has 0 spiro atoms. The summed E-state index contributed by atoms with van der Waals surface area (Å²) in [4.78, 5) is 62.8. The number of ether oxygens (including phenoxy) is 4. The van der Waals surface area contributed by atoms with Crippen LogP contribution in [0.4, 0.5) is 0 Å². The molecule has 1 aromatic carbocycles. The number of carbonyl (C=O) groups excluding carboxylic acids is 4. The quantitative estimate of drug-likeness (QED) is 0.116. The van der Waals surface area contributed by atoms with Crippen molar-refractivity contribution in [2.24, 2.45) is 0 Å². The van der Waals surface area contributed by atoms with Gasteiger partial charge in [-0.1, -0.05) is 37.4 Å². The molecule has 0 atom stereocenters. The van der Waals surface area contributed by atoms with Gasteiger partial charge in [-0.3, -0.25) is 14.6 Å². The zero-order chi connectivity index (χ0) is 31.0. The molecule has 1 aliphatic rings. The van der Waals surface area contributed by atoms with E-state index in [4.69, 9.17) is 28.9 Å². The highest BCUT2D eigenvalue weighted by atomic mass is 16.6. The third kappa shape index (κ3) is 7.29. The number of pyridine rings is 1. The summed E-state index contributed by atoms with van der Waals surface area (Å²) < 4.78 is 20.6. The summed E-state index contributed by atoms with van der Waals surface area (Å²) in [7, 11) is 0. The molecule has 43 heavy (non-hydrogen) atoms. The molecule has 0 saturated carbocycles. The average Bonchev–Trinajstić information content (AvgIpc) is 3.26. The molecule has 11 heteroatoms. The Kier molecular flexibility index (Phi) is 9.97. The molecule has 224 valence electrons. The number of benzene rings is 1. The molecule has 0 saturated heterocycles. The van der Waals surface area contributed by atoms with E-state index < -0.39 is 29.3 Å². The fraction of sp³-hybridized carbons (Fsp3) is 0.344. The van der Waals surface area contributed by atoms with Gasteiger partial charge in [-0.25, -0.2) is 19.6 Å². The van der Waals surface area contributed by atoms with Gasteiger partial charge >= 0.3 is 23.9 Å². The molecule has 0 fully saturated rings. The normalized spacial score (nSPS) is 12.5. The molecule has 0 aliphatic heterocycles. The van der Waals surface area contributed by atoms with Crippen molar-refractivity contribution in [3.8, 4) is 11.3 Å². The maximum Gasteiger partial charge on any atom is 0.333 e. The number of aromatic nitrogens is 3. The predicted molar refractivity (Wildman–Crippen MR) is 155 cm³/mol. The van der Waals surface area contributed by atoms with Crippen molar-refractivity contribution >= 4 is 34.9 Å². The Bertz CT molecular complexity index is 1530. The predicted octanol–water partition coefficient (Wildman–Crippen LogP) is 4.18. The van der Waals surface area contributed by atoms with E-state index >= 15 is 0 Å². The van der Waals surface area contributed by atoms with E-state index in [-0.39, 0.29) is 63.3 Å². The lowest BCUT2D eigenvalue weighted by atomic mass is 9.73. The van der Waals surface area contributed by atoms with Crippen LogP contribution < -0.4 is 0 Å². The van der Waals surface area contributed by atoms with Crippen LogP contribution in [0.3, 0.4) is 0 Å². The molecule has 0 amide bonds. The number of hydrogen-bond acceptors (Lipinski definition) is 11. The Hall–Kier alpha value is -4.93. The maximum absolute atomic E-state index is 12.8. The van der Waals surface area contributed by atoms with Gasteiger partial charge in [0.25, 0.3) is 0 Å². The third-order valence-electron chi connectivity index (χ3n) is 6.99. The molecule has 4 rings (SSSR count). The van der Waals surface area contributed by atoms with E-state index in [0.29, 0.717) is 22.4 Å². The van der Waals surface area contributed by atoms with Crippen LogP contribution in [0.1, 0.15) is 50.8 Å². The standard InChI is InChI=1S/C32H33N3O8/c1-20(2)30(38)42-17-15-40-26(36)9-12-32(13-10-27(37)41-16-18-43-31(39)21(3)4)23-8-6-5-7-22(23)28-29(32)35-24-11-14-33-19-25(24)34-28/h5-8,11,14,19H,1,3,9-10,12-13,15-18H2,2,4H3. The van der Waals surface area contributed by atoms with Crippen LogP contribution in [-0.2, 0) is 43.5 Å². The van der Waals surface area contributed by atoms with Crippen molar-refractivity contribution in [1.29, 1.82) is 0 Å². The molecule has 0 unspecified atom stereocenters. The van der Waals surface area contributed by atoms with Gasteiger partial charge in [-0.2, -0.15) is 0 Å². The van der Waals surface area contributed by atoms with Gasteiger partial charge in [0.15, 0.2) is 0 Å². The van der Waals surface area contributed by atoms with Crippen molar-refractivity contribution in [2.75, 3.05) is 26.4 Å². The second-order valence-corrected chi connectivity index (χ2v) is 10.2. The number of fused-ring (bicyclic) bond motifs is 4. The second-order valence-electron chi connectivity index (χ2n) is 10.2. The van der Waals surface area contributed by atoms with E-state index in [2.05, 4.69) is 18.1 Å². The van der Waals surface area contributed by atoms with Crippen LogP contribution >= 0.6 is 0 Å². The van der Waals surface area contributed by atoms with Gasteiger partial charge in [0.2, 0.25) is 0 Å². The van der Waals surface area contributed by atoms with Gasteiger partial charge in [-0.05, 0) is 38.3 Å². The monoisotopic (exact) mass is 587 g/mol. The number of carbonyl (C=O) groups is 4. The largest absolute Gasteiger partial charge is 0.462 e. The summed E-state index contributed by atoms with van der Waals surface area (Å²) in [6.07, 6.45) is 3.82.